The molecule has 2 aliphatic heterocycles. The van der Waals surface area contributed by atoms with E-state index in [0.717, 1.165) is 53.6 Å². The molecule has 1 amide bonds. The zero-order valence-corrected chi connectivity index (χ0v) is 21.4. The highest BCUT2D eigenvalue weighted by Crippen LogP contribution is 2.38. The third-order valence-electron chi connectivity index (χ3n) is 7.93. The van der Waals surface area contributed by atoms with Gasteiger partial charge in [-0.15, -0.1) is 0 Å². The van der Waals surface area contributed by atoms with Gasteiger partial charge < -0.3 is 9.72 Å². The van der Waals surface area contributed by atoms with E-state index in [-0.39, 0.29) is 11.9 Å². The summed E-state index contributed by atoms with van der Waals surface area (Å²) in [5.41, 5.74) is 4.71. The number of benzene rings is 4. The van der Waals surface area contributed by atoms with E-state index in [4.69, 9.17) is 9.72 Å². The number of amides is 1. The molecule has 1 N–H and O–H groups in total. The number of hydrogen-bond donors (Lipinski definition) is 1. The highest BCUT2D eigenvalue weighted by molar-refractivity contribution is 5.97. The number of piperidine rings is 1. The van der Waals surface area contributed by atoms with Gasteiger partial charge in [0.15, 0.2) is 0 Å². The van der Waals surface area contributed by atoms with Gasteiger partial charge in [0.05, 0.1) is 29.2 Å². The molecule has 3 heterocycles. The summed E-state index contributed by atoms with van der Waals surface area (Å²) in [4.78, 5) is 22.1. The summed E-state index contributed by atoms with van der Waals surface area (Å²) in [6.07, 6.45) is 3.01. The lowest BCUT2D eigenvalue weighted by Crippen LogP contribution is -2.42. The van der Waals surface area contributed by atoms with Crippen molar-refractivity contribution in [3.05, 3.63) is 96.1 Å². The van der Waals surface area contributed by atoms with Crippen LogP contribution in [-0.4, -0.2) is 51.1 Å². The van der Waals surface area contributed by atoms with E-state index in [1.54, 1.807) is 0 Å². The number of ether oxygens (including phenoxy) is 1. The molecule has 0 aliphatic carbocycles. The maximum Gasteiger partial charge on any atom is 0.268 e. The third kappa shape index (κ3) is 3.92. The van der Waals surface area contributed by atoms with Crippen LogP contribution in [0.4, 0.5) is 0 Å². The number of rotatable bonds is 6. The minimum atomic E-state index is 0.0476. The van der Waals surface area contributed by atoms with Crippen LogP contribution in [0.5, 0.6) is 5.75 Å². The maximum absolute atomic E-state index is 13.8. The standard InChI is InChI=1S/C32H30N4O2/c1-2-38-30-19-24(32(37)36-25-14-15-35(36)26(20-25)16-21-8-4-3-5-9-21)12-13-27(30)31-33-28-17-22-10-6-7-11-23(22)18-29(28)34-31/h3-13,17-19,25-26H,2,14-16,20H2,1H3,(H,33,34). The van der Waals surface area contributed by atoms with Gasteiger partial charge in [-0.05, 0) is 72.9 Å². The Morgan fingerprint density at radius 3 is 2.61 bits per heavy atom. The second-order valence-corrected chi connectivity index (χ2v) is 10.3. The smallest absolute Gasteiger partial charge is 0.268 e. The van der Waals surface area contributed by atoms with Gasteiger partial charge in [0.1, 0.15) is 11.6 Å². The van der Waals surface area contributed by atoms with E-state index in [1.165, 1.54) is 10.9 Å². The van der Waals surface area contributed by atoms with Gasteiger partial charge >= 0.3 is 0 Å². The van der Waals surface area contributed by atoms with Crippen LogP contribution in [0.25, 0.3) is 33.2 Å². The normalized spacial score (nSPS) is 20.4. The Morgan fingerprint density at radius 2 is 1.79 bits per heavy atom. The summed E-state index contributed by atoms with van der Waals surface area (Å²) in [7, 11) is 0. The van der Waals surface area contributed by atoms with Crippen LogP contribution < -0.4 is 4.74 Å². The molecule has 2 aliphatic rings. The second kappa shape index (κ2) is 9.30. The quantitative estimate of drug-likeness (QED) is 0.299. The molecule has 2 bridgehead atoms. The number of hydrogen-bond acceptors (Lipinski definition) is 4. The van der Waals surface area contributed by atoms with Crippen LogP contribution in [0, 0.1) is 0 Å². The number of carbonyl (C=O) groups excluding carboxylic acids is 1. The van der Waals surface area contributed by atoms with Crippen molar-refractivity contribution in [1.29, 1.82) is 0 Å². The number of aromatic nitrogens is 2. The number of nitrogens with one attached hydrogen (secondary N) is 1. The Hall–Kier alpha value is -4.16. The van der Waals surface area contributed by atoms with E-state index in [2.05, 4.69) is 58.5 Å². The summed E-state index contributed by atoms with van der Waals surface area (Å²) in [6, 6.07) is 29.5. The second-order valence-electron chi connectivity index (χ2n) is 10.3. The Balaban J connectivity index is 1.18. The van der Waals surface area contributed by atoms with Crippen molar-refractivity contribution in [3.8, 4) is 17.1 Å². The molecule has 0 saturated carbocycles. The highest BCUT2D eigenvalue weighted by atomic mass is 16.5. The van der Waals surface area contributed by atoms with Crippen LogP contribution in [0.1, 0.15) is 35.7 Å². The molecule has 3 unspecified atom stereocenters. The number of hydrazine groups is 1. The molecule has 6 nitrogen and oxygen atoms in total. The SMILES string of the molecule is CCOc1cc(C(=O)N2C3CCN2C(Cc2ccccc2)C3)ccc1-c1nc2cc3ccccc3cc2[nH]1. The fourth-order valence-corrected chi connectivity index (χ4v) is 6.17. The first kappa shape index (κ1) is 23.0. The molecule has 4 aromatic carbocycles. The van der Waals surface area contributed by atoms with Crippen molar-refractivity contribution in [3.63, 3.8) is 0 Å². The van der Waals surface area contributed by atoms with Gasteiger partial charge in [0.2, 0.25) is 0 Å². The van der Waals surface area contributed by atoms with Crippen molar-refractivity contribution in [2.45, 2.75) is 38.3 Å². The molecule has 2 fully saturated rings. The molecule has 6 heteroatoms. The van der Waals surface area contributed by atoms with Crippen molar-refractivity contribution in [2.75, 3.05) is 13.2 Å². The summed E-state index contributed by atoms with van der Waals surface area (Å²) < 4.78 is 6.04. The third-order valence-corrected chi connectivity index (χ3v) is 7.93. The average Bonchev–Trinajstić information content (AvgIpc) is 3.64. The van der Waals surface area contributed by atoms with Crippen LogP contribution in [0.15, 0.2) is 84.9 Å². The molecule has 1 aromatic heterocycles. The lowest BCUT2D eigenvalue weighted by molar-refractivity contribution is 0.0197. The van der Waals surface area contributed by atoms with Crippen molar-refractivity contribution >= 4 is 27.7 Å². The van der Waals surface area contributed by atoms with Crippen molar-refractivity contribution < 1.29 is 9.53 Å². The van der Waals surface area contributed by atoms with Gasteiger partial charge in [-0.3, -0.25) is 9.80 Å². The molecule has 2 saturated heterocycles. The minimum absolute atomic E-state index is 0.0476. The predicted molar refractivity (Wildman–Crippen MR) is 150 cm³/mol. The molecule has 190 valence electrons. The Labute approximate surface area is 221 Å². The largest absolute Gasteiger partial charge is 0.493 e. The van der Waals surface area contributed by atoms with Crippen molar-refractivity contribution in [1.82, 2.24) is 20.0 Å². The molecular formula is C32H30N4O2. The van der Waals surface area contributed by atoms with Crippen LogP contribution in [0.3, 0.4) is 0 Å². The first-order valence-electron chi connectivity index (χ1n) is 13.5. The fraction of sp³-hybridized carbons (Fsp3) is 0.250. The molecule has 5 aromatic rings. The van der Waals surface area contributed by atoms with Gasteiger partial charge in [-0.1, -0.05) is 54.6 Å². The van der Waals surface area contributed by atoms with Crippen LogP contribution >= 0.6 is 0 Å². The Morgan fingerprint density at radius 1 is 1.00 bits per heavy atom. The molecule has 3 atom stereocenters. The molecule has 38 heavy (non-hydrogen) atoms. The first-order chi connectivity index (χ1) is 18.7. The van der Waals surface area contributed by atoms with Crippen molar-refractivity contribution in [2.24, 2.45) is 0 Å². The number of carbonyl (C=O) groups is 1. The van der Waals surface area contributed by atoms with Gasteiger partial charge in [0, 0.05) is 18.2 Å². The highest BCUT2D eigenvalue weighted by Gasteiger charge is 2.47. The van der Waals surface area contributed by atoms with Crippen LogP contribution in [-0.2, 0) is 6.42 Å². The maximum atomic E-state index is 13.8. The van der Waals surface area contributed by atoms with E-state index < -0.39 is 0 Å². The molecular weight excluding hydrogens is 472 g/mol. The van der Waals surface area contributed by atoms with E-state index in [9.17, 15) is 4.79 Å². The van der Waals surface area contributed by atoms with Gasteiger partial charge in [-0.2, -0.15) is 0 Å². The summed E-state index contributed by atoms with van der Waals surface area (Å²) in [5.74, 6) is 1.46. The number of nitrogens with zero attached hydrogens (tertiary/aromatic N) is 3. The number of H-pyrrole nitrogens is 1. The number of aromatic amines is 1. The Kier molecular flexibility index (Phi) is 5.63. The van der Waals surface area contributed by atoms with E-state index >= 15 is 0 Å². The zero-order valence-electron chi connectivity index (χ0n) is 21.4. The van der Waals surface area contributed by atoms with Crippen LogP contribution in [0.2, 0.25) is 0 Å². The van der Waals surface area contributed by atoms with Gasteiger partial charge in [-0.25, -0.2) is 9.99 Å². The van der Waals surface area contributed by atoms with Gasteiger partial charge in [0.25, 0.3) is 5.91 Å². The minimum Gasteiger partial charge on any atom is -0.493 e. The fourth-order valence-electron chi connectivity index (χ4n) is 6.17. The first-order valence-corrected chi connectivity index (χ1v) is 13.5. The van der Waals surface area contributed by atoms with E-state index in [0.29, 0.717) is 24.0 Å². The average molecular weight is 503 g/mol. The monoisotopic (exact) mass is 502 g/mol. The molecule has 0 radical (unpaired) electrons. The number of fused-ring (bicyclic) bond motifs is 4. The predicted octanol–water partition coefficient (Wildman–Crippen LogP) is 6.23. The van der Waals surface area contributed by atoms with E-state index in [1.807, 2.05) is 48.3 Å². The molecule has 0 spiro atoms. The lowest BCUT2D eigenvalue weighted by Gasteiger charge is -2.28. The zero-order chi connectivity index (χ0) is 25.6. The summed E-state index contributed by atoms with van der Waals surface area (Å²) >= 11 is 0. The number of imidazole rings is 1. The Bertz CT molecular complexity index is 1590. The topological polar surface area (TPSA) is 61.5 Å². The lowest BCUT2D eigenvalue weighted by atomic mass is 9.97. The summed E-state index contributed by atoms with van der Waals surface area (Å²) in [6.45, 7) is 3.40. The summed E-state index contributed by atoms with van der Waals surface area (Å²) in [5, 5.41) is 6.62. The molecule has 7 rings (SSSR count).